The summed E-state index contributed by atoms with van der Waals surface area (Å²) < 4.78 is 6.05. The number of ether oxygens (including phenoxy) is 1. The fourth-order valence-electron chi connectivity index (χ4n) is 4.36. The number of benzene rings is 2. The molecule has 0 saturated heterocycles. The van der Waals surface area contributed by atoms with Gasteiger partial charge in [-0.05, 0) is 55.0 Å². The molecule has 0 fully saturated rings. The Bertz CT molecular complexity index is 825. The van der Waals surface area contributed by atoms with Crippen LogP contribution in [0.5, 0.6) is 11.5 Å². The van der Waals surface area contributed by atoms with Gasteiger partial charge in [0.15, 0.2) is 0 Å². The predicted octanol–water partition coefficient (Wildman–Crippen LogP) is 8.48. The summed E-state index contributed by atoms with van der Waals surface area (Å²) in [5.41, 5.74) is 3.00. The normalized spacial score (nSPS) is 11.0. The van der Waals surface area contributed by atoms with Crippen molar-refractivity contribution in [2.75, 3.05) is 0 Å². The fraction of sp³-hybridized carbons (Fsp3) is 0.567. The summed E-state index contributed by atoms with van der Waals surface area (Å²) in [5.74, 6) is -0.559. The highest BCUT2D eigenvalue weighted by Gasteiger charge is 2.13. The van der Waals surface area contributed by atoms with Crippen molar-refractivity contribution in [1.29, 1.82) is 0 Å². The Morgan fingerprint density at radius 3 is 1.82 bits per heavy atom. The molecule has 4 nitrogen and oxygen atoms in total. The minimum absolute atomic E-state index is 0.0957. The van der Waals surface area contributed by atoms with Crippen LogP contribution in [0.15, 0.2) is 36.4 Å². The van der Waals surface area contributed by atoms with E-state index in [9.17, 15) is 15.0 Å². The lowest BCUT2D eigenvalue weighted by Crippen LogP contribution is -2.02. The zero-order valence-corrected chi connectivity index (χ0v) is 21.3. The maximum absolute atomic E-state index is 11.3. The molecule has 0 atom stereocenters. The molecule has 34 heavy (non-hydrogen) atoms. The number of aromatic carboxylic acids is 1. The first-order valence-corrected chi connectivity index (χ1v) is 13.3. The number of phenols is 1. The molecule has 2 N–H and O–H groups in total. The third-order valence-corrected chi connectivity index (χ3v) is 6.41. The first-order chi connectivity index (χ1) is 16.5. The molecule has 4 heteroatoms. The van der Waals surface area contributed by atoms with E-state index in [-0.39, 0.29) is 17.9 Å². The van der Waals surface area contributed by atoms with Crippen LogP contribution in [0.1, 0.15) is 118 Å². The van der Waals surface area contributed by atoms with E-state index in [4.69, 9.17) is 4.74 Å². The Balaban J connectivity index is 2.01. The van der Waals surface area contributed by atoms with Crippen molar-refractivity contribution in [1.82, 2.24) is 0 Å². The molecular weight excluding hydrogens is 424 g/mol. The van der Waals surface area contributed by atoms with Crippen LogP contribution in [0.3, 0.4) is 0 Å². The molecule has 0 aromatic heterocycles. The minimum Gasteiger partial charge on any atom is -0.507 e. The van der Waals surface area contributed by atoms with Gasteiger partial charge in [0.1, 0.15) is 23.7 Å². The van der Waals surface area contributed by atoms with Gasteiger partial charge < -0.3 is 14.9 Å². The van der Waals surface area contributed by atoms with Crippen molar-refractivity contribution in [2.45, 2.75) is 110 Å². The largest absolute Gasteiger partial charge is 0.507 e. The average Bonchev–Trinajstić information content (AvgIpc) is 2.82. The van der Waals surface area contributed by atoms with E-state index in [1.54, 1.807) is 12.1 Å². The van der Waals surface area contributed by atoms with E-state index < -0.39 is 5.97 Å². The molecule has 188 valence electrons. The van der Waals surface area contributed by atoms with E-state index in [2.05, 4.69) is 32.0 Å². The van der Waals surface area contributed by atoms with Gasteiger partial charge in [-0.3, -0.25) is 0 Å². The van der Waals surface area contributed by atoms with Crippen LogP contribution < -0.4 is 4.74 Å². The number of aryl methyl sites for hydroxylation is 2. The number of carboxylic acid groups (broad SMARTS) is 1. The van der Waals surface area contributed by atoms with Crippen molar-refractivity contribution in [3.05, 3.63) is 58.7 Å². The zero-order valence-electron chi connectivity index (χ0n) is 21.3. The zero-order chi connectivity index (χ0) is 24.6. The second-order valence-electron chi connectivity index (χ2n) is 9.43. The Morgan fingerprint density at radius 2 is 1.29 bits per heavy atom. The van der Waals surface area contributed by atoms with Crippen LogP contribution in [0.4, 0.5) is 0 Å². The van der Waals surface area contributed by atoms with Gasteiger partial charge in [0, 0.05) is 5.56 Å². The first kappa shape index (κ1) is 27.8. The molecule has 2 rings (SSSR count). The number of carbonyl (C=O) groups is 1. The summed E-state index contributed by atoms with van der Waals surface area (Å²) >= 11 is 0. The van der Waals surface area contributed by atoms with Crippen molar-refractivity contribution in [2.24, 2.45) is 0 Å². The van der Waals surface area contributed by atoms with Crippen molar-refractivity contribution in [3.8, 4) is 11.5 Å². The Labute approximate surface area is 206 Å². The third-order valence-electron chi connectivity index (χ3n) is 6.41. The van der Waals surface area contributed by atoms with Gasteiger partial charge >= 0.3 is 5.97 Å². The molecule has 0 aliphatic rings. The Morgan fingerprint density at radius 1 is 0.765 bits per heavy atom. The summed E-state index contributed by atoms with van der Waals surface area (Å²) in [6.45, 7) is 4.63. The Hall–Kier alpha value is -2.49. The van der Waals surface area contributed by atoms with E-state index >= 15 is 0 Å². The molecule has 0 bridgehead atoms. The molecule has 0 saturated carbocycles. The van der Waals surface area contributed by atoms with Crippen LogP contribution in [0.2, 0.25) is 0 Å². The quantitative estimate of drug-likeness (QED) is 0.215. The van der Waals surface area contributed by atoms with Crippen LogP contribution >= 0.6 is 0 Å². The summed E-state index contributed by atoms with van der Waals surface area (Å²) in [7, 11) is 0. The van der Waals surface area contributed by atoms with Gasteiger partial charge in [-0.15, -0.1) is 0 Å². The number of hydrogen-bond acceptors (Lipinski definition) is 3. The summed E-state index contributed by atoms with van der Waals surface area (Å²) in [5, 5.41) is 19.5. The van der Waals surface area contributed by atoms with Gasteiger partial charge in [0.25, 0.3) is 0 Å². The van der Waals surface area contributed by atoms with Crippen LogP contribution in [-0.4, -0.2) is 16.2 Å². The molecule has 0 heterocycles. The monoisotopic (exact) mass is 468 g/mol. The number of hydrogen-bond donors (Lipinski definition) is 2. The minimum atomic E-state index is -1.14. The SMILES string of the molecule is CCCCCCCCc1cc(CCCCCCCC)cc(OCc2cccc(C(=O)O)c2O)c1. The number of aromatic hydroxyl groups is 1. The van der Waals surface area contributed by atoms with Gasteiger partial charge in [-0.25, -0.2) is 4.79 Å². The maximum Gasteiger partial charge on any atom is 0.339 e. The van der Waals surface area contributed by atoms with Crippen LogP contribution in [0.25, 0.3) is 0 Å². The summed E-state index contributed by atoms with van der Waals surface area (Å²) in [6, 6.07) is 11.3. The topological polar surface area (TPSA) is 66.8 Å². The number of carboxylic acids is 1. The lowest BCUT2D eigenvalue weighted by atomic mass is 9.99. The highest BCUT2D eigenvalue weighted by atomic mass is 16.5. The molecule has 0 amide bonds. The third kappa shape index (κ3) is 10.2. The van der Waals surface area contributed by atoms with Crippen LogP contribution in [0, 0.1) is 0 Å². The molecular formula is C30H44O4. The molecule has 0 aliphatic heterocycles. The van der Waals surface area contributed by atoms with E-state index in [0.717, 1.165) is 18.6 Å². The lowest BCUT2D eigenvalue weighted by Gasteiger charge is -2.13. The highest BCUT2D eigenvalue weighted by Crippen LogP contribution is 2.26. The fourth-order valence-corrected chi connectivity index (χ4v) is 4.36. The second-order valence-corrected chi connectivity index (χ2v) is 9.43. The predicted molar refractivity (Wildman–Crippen MR) is 140 cm³/mol. The first-order valence-electron chi connectivity index (χ1n) is 13.3. The van der Waals surface area contributed by atoms with E-state index in [1.807, 2.05) is 0 Å². The second kappa shape index (κ2) is 16.2. The molecule has 0 aliphatic carbocycles. The average molecular weight is 469 g/mol. The maximum atomic E-state index is 11.3. The highest BCUT2D eigenvalue weighted by molar-refractivity contribution is 5.91. The number of rotatable bonds is 18. The molecule has 0 radical (unpaired) electrons. The molecule has 0 unspecified atom stereocenters. The number of para-hydroxylation sites is 1. The smallest absolute Gasteiger partial charge is 0.339 e. The van der Waals surface area contributed by atoms with Crippen molar-refractivity contribution in [3.63, 3.8) is 0 Å². The van der Waals surface area contributed by atoms with Crippen molar-refractivity contribution < 1.29 is 19.7 Å². The lowest BCUT2D eigenvalue weighted by molar-refractivity contribution is 0.0693. The van der Waals surface area contributed by atoms with Gasteiger partial charge in [0.05, 0.1) is 0 Å². The van der Waals surface area contributed by atoms with Crippen LogP contribution in [-0.2, 0) is 19.4 Å². The van der Waals surface area contributed by atoms with E-state index in [1.165, 1.54) is 94.2 Å². The number of unbranched alkanes of at least 4 members (excludes halogenated alkanes) is 10. The summed E-state index contributed by atoms with van der Waals surface area (Å²) in [6.07, 6.45) is 17.4. The summed E-state index contributed by atoms with van der Waals surface area (Å²) in [4.78, 5) is 11.3. The standard InChI is InChI=1S/C30H44O4/c1-3-5-7-9-11-13-16-24-20-25(17-14-12-10-8-6-4-2)22-27(21-24)34-23-26-18-15-19-28(29(26)31)30(32)33/h15,18-22,31H,3-14,16-17,23H2,1-2H3,(H,32,33). The van der Waals surface area contributed by atoms with Crippen molar-refractivity contribution >= 4 is 5.97 Å². The molecule has 0 spiro atoms. The Kier molecular flexibility index (Phi) is 13.2. The molecule has 2 aromatic rings. The molecule has 2 aromatic carbocycles. The van der Waals surface area contributed by atoms with E-state index in [0.29, 0.717) is 5.56 Å². The van der Waals surface area contributed by atoms with Gasteiger partial charge in [-0.1, -0.05) is 96.3 Å². The van der Waals surface area contributed by atoms with Gasteiger partial charge in [-0.2, -0.15) is 0 Å². The van der Waals surface area contributed by atoms with Gasteiger partial charge in [0.2, 0.25) is 0 Å².